The second kappa shape index (κ2) is 10.5. The minimum atomic E-state index is -0.0373. The molecule has 1 fully saturated rings. The molecule has 184 valence electrons. The zero-order valence-electron chi connectivity index (χ0n) is 20.4. The average molecular weight is 502 g/mol. The van der Waals surface area contributed by atoms with E-state index in [4.69, 9.17) is 26.2 Å². The average Bonchev–Trinajstić information content (AvgIpc) is 3.68. The van der Waals surface area contributed by atoms with E-state index in [1.54, 1.807) is 36.1 Å². The first kappa shape index (κ1) is 23.9. The smallest absolute Gasteiger partial charge is 0.254 e. The minimum Gasteiger partial charge on any atom is -0.493 e. The van der Waals surface area contributed by atoms with Crippen LogP contribution in [0.2, 0.25) is 5.02 Å². The number of nitrogens with zero attached hydrogens (tertiary/aromatic N) is 3. The summed E-state index contributed by atoms with van der Waals surface area (Å²) < 4.78 is 13.6. The number of amides is 1. The standard InChI is InChI=1S/C29H28ClN3O3/c1-32-29(36-26-11-7-6-10-25(26)35-2)24(27(31-32)21-8-4-3-5-9-21)19-33(18-20-12-13-20)28(34)22-14-16-23(30)17-15-22/h3-11,14-17,20H,12-13,18-19H2,1-2H3. The van der Waals surface area contributed by atoms with Gasteiger partial charge in [-0.25, -0.2) is 4.68 Å². The van der Waals surface area contributed by atoms with Crippen molar-refractivity contribution < 1.29 is 14.3 Å². The van der Waals surface area contributed by atoms with E-state index in [9.17, 15) is 4.79 Å². The van der Waals surface area contributed by atoms with Gasteiger partial charge in [-0.3, -0.25) is 4.79 Å². The fourth-order valence-corrected chi connectivity index (χ4v) is 4.38. The summed E-state index contributed by atoms with van der Waals surface area (Å²) >= 11 is 6.07. The lowest BCUT2D eigenvalue weighted by molar-refractivity contribution is 0.0734. The summed E-state index contributed by atoms with van der Waals surface area (Å²) in [5.41, 5.74) is 3.20. The van der Waals surface area contributed by atoms with E-state index in [-0.39, 0.29) is 5.91 Å². The summed E-state index contributed by atoms with van der Waals surface area (Å²) in [7, 11) is 3.47. The number of benzene rings is 3. The Morgan fingerprint density at radius 2 is 1.67 bits per heavy atom. The molecule has 0 atom stereocenters. The maximum absolute atomic E-state index is 13.6. The Morgan fingerprint density at radius 1 is 1.00 bits per heavy atom. The van der Waals surface area contributed by atoms with Crippen molar-refractivity contribution in [3.8, 4) is 28.6 Å². The van der Waals surface area contributed by atoms with Crippen molar-refractivity contribution in [2.75, 3.05) is 13.7 Å². The lowest BCUT2D eigenvalue weighted by atomic mass is 10.1. The molecule has 36 heavy (non-hydrogen) atoms. The predicted molar refractivity (Wildman–Crippen MR) is 141 cm³/mol. The monoisotopic (exact) mass is 501 g/mol. The minimum absolute atomic E-state index is 0.0373. The maximum Gasteiger partial charge on any atom is 0.254 e. The van der Waals surface area contributed by atoms with Crippen LogP contribution in [0.1, 0.15) is 28.8 Å². The van der Waals surface area contributed by atoms with Gasteiger partial charge >= 0.3 is 0 Å². The topological polar surface area (TPSA) is 56.6 Å². The molecule has 0 aliphatic heterocycles. The summed E-state index contributed by atoms with van der Waals surface area (Å²) in [4.78, 5) is 15.5. The van der Waals surface area contributed by atoms with Crippen LogP contribution in [-0.2, 0) is 13.6 Å². The Balaban J connectivity index is 1.56. The molecule has 3 aromatic carbocycles. The van der Waals surface area contributed by atoms with Gasteiger partial charge in [0.25, 0.3) is 5.91 Å². The molecule has 1 aromatic heterocycles. The Morgan fingerprint density at radius 3 is 2.33 bits per heavy atom. The number of para-hydroxylation sites is 2. The first-order valence-electron chi connectivity index (χ1n) is 12.0. The number of carbonyl (C=O) groups is 1. The van der Waals surface area contributed by atoms with Crippen LogP contribution >= 0.6 is 11.6 Å². The van der Waals surface area contributed by atoms with E-state index < -0.39 is 0 Å². The van der Waals surface area contributed by atoms with Gasteiger partial charge in [-0.15, -0.1) is 0 Å². The molecule has 0 radical (unpaired) electrons. The van der Waals surface area contributed by atoms with Gasteiger partial charge in [0.05, 0.1) is 19.2 Å². The van der Waals surface area contributed by atoms with Crippen LogP contribution < -0.4 is 9.47 Å². The third kappa shape index (κ3) is 5.24. The van der Waals surface area contributed by atoms with Crippen molar-refractivity contribution >= 4 is 17.5 Å². The summed E-state index contributed by atoms with van der Waals surface area (Å²) in [6, 6.07) is 24.5. The van der Waals surface area contributed by atoms with E-state index in [1.807, 2.05) is 66.5 Å². The summed E-state index contributed by atoms with van der Waals surface area (Å²) in [5, 5.41) is 5.42. The largest absolute Gasteiger partial charge is 0.493 e. The number of hydrogen-bond donors (Lipinski definition) is 0. The molecule has 0 bridgehead atoms. The number of hydrogen-bond acceptors (Lipinski definition) is 4. The molecule has 4 aromatic rings. The van der Waals surface area contributed by atoms with Gasteiger partial charge in [0.2, 0.25) is 5.88 Å². The third-order valence-electron chi connectivity index (χ3n) is 6.31. The zero-order chi connectivity index (χ0) is 25.1. The molecule has 1 heterocycles. The van der Waals surface area contributed by atoms with Crippen molar-refractivity contribution in [1.29, 1.82) is 0 Å². The quantitative estimate of drug-likeness (QED) is 0.259. The number of rotatable bonds is 9. The molecule has 1 aliphatic rings. The molecule has 0 N–H and O–H groups in total. The molecule has 6 nitrogen and oxygen atoms in total. The normalized spacial score (nSPS) is 12.9. The number of halogens is 1. The number of aryl methyl sites for hydroxylation is 1. The van der Waals surface area contributed by atoms with E-state index in [0.29, 0.717) is 47.0 Å². The van der Waals surface area contributed by atoms with Gasteiger partial charge in [-0.2, -0.15) is 5.10 Å². The molecule has 1 aliphatic carbocycles. The molecule has 7 heteroatoms. The van der Waals surface area contributed by atoms with Crippen LogP contribution in [0.25, 0.3) is 11.3 Å². The Labute approximate surface area is 216 Å². The number of methoxy groups -OCH3 is 1. The van der Waals surface area contributed by atoms with Gasteiger partial charge in [0.15, 0.2) is 11.5 Å². The maximum atomic E-state index is 13.6. The van der Waals surface area contributed by atoms with Crippen LogP contribution in [0.3, 0.4) is 0 Å². The second-order valence-electron chi connectivity index (χ2n) is 9.01. The van der Waals surface area contributed by atoms with E-state index >= 15 is 0 Å². The highest BCUT2D eigenvalue weighted by molar-refractivity contribution is 6.30. The lowest BCUT2D eigenvalue weighted by Gasteiger charge is -2.24. The Kier molecular flexibility index (Phi) is 6.96. The summed E-state index contributed by atoms with van der Waals surface area (Å²) in [6.45, 7) is 1.04. The van der Waals surface area contributed by atoms with Crippen LogP contribution in [0, 0.1) is 5.92 Å². The highest BCUT2D eigenvalue weighted by Gasteiger charge is 2.30. The van der Waals surface area contributed by atoms with E-state index in [1.165, 1.54) is 0 Å². The van der Waals surface area contributed by atoms with Crippen molar-refractivity contribution in [2.24, 2.45) is 13.0 Å². The molecule has 1 saturated carbocycles. The molecular weight excluding hydrogens is 474 g/mol. The van der Waals surface area contributed by atoms with Crippen LogP contribution in [0.15, 0.2) is 78.9 Å². The van der Waals surface area contributed by atoms with Gasteiger partial charge in [0, 0.05) is 29.7 Å². The fourth-order valence-electron chi connectivity index (χ4n) is 4.26. The third-order valence-corrected chi connectivity index (χ3v) is 6.57. The first-order valence-corrected chi connectivity index (χ1v) is 12.4. The molecule has 5 rings (SSSR count). The SMILES string of the molecule is COc1ccccc1Oc1c(CN(CC2CC2)C(=O)c2ccc(Cl)cc2)c(-c2ccccc2)nn1C. The summed E-state index contributed by atoms with van der Waals surface area (Å²) in [5.74, 6) is 2.25. The number of aromatic nitrogens is 2. The highest BCUT2D eigenvalue weighted by Crippen LogP contribution is 2.38. The fraction of sp³-hybridized carbons (Fsp3) is 0.241. The van der Waals surface area contributed by atoms with Gasteiger partial charge in [-0.05, 0) is 55.2 Å². The van der Waals surface area contributed by atoms with Crippen molar-refractivity contribution in [2.45, 2.75) is 19.4 Å². The van der Waals surface area contributed by atoms with Crippen molar-refractivity contribution in [3.05, 3.63) is 95.0 Å². The first-order chi connectivity index (χ1) is 17.5. The lowest BCUT2D eigenvalue weighted by Crippen LogP contribution is -2.32. The number of ether oxygens (including phenoxy) is 2. The van der Waals surface area contributed by atoms with E-state index in [0.717, 1.165) is 29.7 Å². The zero-order valence-corrected chi connectivity index (χ0v) is 21.1. The van der Waals surface area contributed by atoms with Crippen LogP contribution in [0.4, 0.5) is 0 Å². The van der Waals surface area contributed by atoms with Crippen molar-refractivity contribution in [1.82, 2.24) is 14.7 Å². The highest BCUT2D eigenvalue weighted by atomic mass is 35.5. The molecular formula is C29H28ClN3O3. The van der Waals surface area contributed by atoms with E-state index in [2.05, 4.69) is 0 Å². The predicted octanol–water partition coefficient (Wildman–Crippen LogP) is 6.59. The van der Waals surface area contributed by atoms with Crippen molar-refractivity contribution in [3.63, 3.8) is 0 Å². The van der Waals surface area contributed by atoms with Gasteiger partial charge < -0.3 is 14.4 Å². The van der Waals surface area contributed by atoms with Crippen LogP contribution in [-0.4, -0.2) is 34.2 Å². The Hall–Kier alpha value is -3.77. The van der Waals surface area contributed by atoms with Crippen LogP contribution in [0.5, 0.6) is 17.4 Å². The molecule has 1 amide bonds. The molecule has 0 saturated heterocycles. The Bertz CT molecular complexity index is 1350. The molecule has 0 spiro atoms. The molecule has 0 unspecified atom stereocenters. The van der Waals surface area contributed by atoms with Gasteiger partial charge in [-0.1, -0.05) is 54.1 Å². The summed E-state index contributed by atoms with van der Waals surface area (Å²) in [6.07, 6.45) is 2.26. The van der Waals surface area contributed by atoms with Gasteiger partial charge in [0.1, 0.15) is 5.69 Å². The number of carbonyl (C=O) groups excluding carboxylic acids is 1. The second-order valence-corrected chi connectivity index (χ2v) is 9.45.